The van der Waals surface area contributed by atoms with Gasteiger partial charge in [0.1, 0.15) is 6.61 Å². The standard InChI is InChI=1S/C30H59O8P/c1-3-4-5-6-7-8-9-10-11-12-13-14-15-16-17-18-19-20-21-22-23-24-25-30(32)38-29(26-36-28(2)31)27-37-39(33,34)35/h29H,3-27H2,1-2H3,(H2,33,34,35). The van der Waals surface area contributed by atoms with Crippen LogP contribution >= 0.6 is 7.82 Å². The Bertz CT molecular complexity index is 622. The number of hydrogen-bond donors (Lipinski definition) is 2. The van der Waals surface area contributed by atoms with Gasteiger partial charge in [0, 0.05) is 13.3 Å². The Balaban J connectivity index is 3.48. The molecule has 0 bridgehead atoms. The van der Waals surface area contributed by atoms with Crippen molar-refractivity contribution in [1.82, 2.24) is 0 Å². The van der Waals surface area contributed by atoms with Gasteiger partial charge in [-0.1, -0.05) is 142 Å². The summed E-state index contributed by atoms with van der Waals surface area (Å²) in [4.78, 5) is 40.6. The van der Waals surface area contributed by atoms with E-state index in [9.17, 15) is 14.2 Å². The van der Waals surface area contributed by atoms with Crippen molar-refractivity contribution >= 4 is 19.8 Å². The predicted octanol–water partition coefficient (Wildman–Crippen LogP) is 8.56. The van der Waals surface area contributed by atoms with Gasteiger partial charge in [0.2, 0.25) is 0 Å². The van der Waals surface area contributed by atoms with E-state index in [-0.39, 0.29) is 13.0 Å². The van der Waals surface area contributed by atoms with Crippen LogP contribution in [0.1, 0.15) is 162 Å². The van der Waals surface area contributed by atoms with Crippen LogP contribution in [0.4, 0.5) is 0 Å². The first-order valence-electron chi connectivity index (χ1n) is 15.8. The predicted molar refractivity (Wildman–Crippen MR) is 156 cm³/mol. The largest absolute Gasteiger partial charge is 0.469 e. The number of phosphoric acid groups is 1. The lowest BCUT2D eigenvalue weighted by atomic mass is 10.0. The zero-order valence-electron chi connectivity index (χ0n) is 25.0. The van der Waals surface area contributed by atoms with Crippen LogP contribution < -0.4 is 0 Å². The molecule has 0 aliphatic heterocycles. The zero-order valence-corrected chi connectivity index (χ0v) is 25.9. The van der Waals surface area contributed by atoms with E-state index in [0.29, 0.717) is 6.42 Å². The van der Waals surface area contributed by atoms with E-state index in [1.165, 1.54) is 129 Å². The molecule has 1 unspecified atom stereocenters. The molecule has 0 aromatic heterocycles. The summed E-state index contributed by atoms with van der Waals surface area (Å²) in [5.41, 5.74) is 0. The van der Waals surface area contributed by atoms with E-state index in [1.807, 2.05) is 0 Å². The Morgan fingerprint density at radius 2 is 0.974 bits per heavy atom. The number of rotatable bonds is 29. The van der Waals surface area contributed by atoms with E-state index in [0.717, 1.165) is 12.8 Å². The number of ether oxygens (including phenoxy) is 2. The highest BCUT2D eigenvalue weighted by molar-refractivity contribution is 7.46. The number of hydrogen-bond acceptors (Lipinski definition) is 6. The van der Waals surface area contributed by atoms with Gasteiger partial charge in [0.15, 0.2) is 6.10 Å². The molecule has 1 atom stereocenters. The molecule has 0 saturated carbocycles. The van der Waals surface area contributed by atoms with Crippen LogP contribution in [-0.4, -0.2) is 41.0 Å². The minimum Gasteiger partial charge on any atom is -0.462 e. The Morgan fingerprint density at radius 3 is 1.31 bits per heavy atom. The van der Waals surface area contributed by atoms with E-state index >= 15 is 0 Å². The maximum Gasteiger partial charge on any atom is 0.469 e. The summed E-state index contributed by atoms with van der Waals surface area (Å²) in [5, 5.41) is 0. The molecule has 0 saturated heterocycles. The van der Waals surface area contributed by atoms with E-state index in [4.69, 9.17) is 19.3 Å². The molecular formula is C30H59O8P. The Labute approximate surface area is 238 Å². The number of carbonyl (C=O) groups excluding carboxylic acids is 2. The molecule has 0 aromatic rings. The van der Waals surface area contributed by atoms with Crippen molar-refractivity contribution < 1.29 is 37.9 Å². The molecule has 0 aromatic carbocycles. The molecule has 39 heavy (non-hydrogen) atoms. The van der Waals surface area contributed by atoms with Gasteiger partial charge in [0.25, 0.3) is 0 Å². The Hall–Kier alpha value is -0.950. The molecule has 0 aliphatic carbocycles. The van der Waals surface area contributed by atoms with Crippen molar-refractivity contribution in [3.63, 3.8) is 0 Å². The van der Waals surface area contributed by atoms with Crippen LogP contribution in [-0.2, 0) is 28.2 Å². The molecule has 0 aliphatic rings. The van der Waals surface area contributed by atoms with Gasteiger partial charge in [-0.05, 0) is 6.42 Å². The van der Waals surface area contributed by atoms with Gasteiger partial charge in [0.05, 0.1) is 6.61 Å². The fourth-order valence-electron chi connectivity index (χ4n) is 4.63. The molecular weight excluding hydrogens is 519 g/mol. The molecule has 0 amide bonds. The van der Waals surface area contributed by atoms with Crippen molar-refractivity contribution in [1.29, 1.82) is 0 Å². The van der Waals surface area contributed by atoms with Crippen LogP contribution in [0.5, 0.6) is 0 Å². The molecule has 0 heterocycles. The molecule has 2 N–H and O–H groups in total. The van der Waals surface area contributed by atoms with Gasteiger partial charge < -0.3 is 19.3 Å². The third-order valence-electron chi connectivity index (χ3n) is 6.93. The van der Waals surface area contributed by atoms with Crippen LogP contribution in [0.2, 0.25) is 0 Å². The normalized spacial score (nSPS) is 12.4. The molecule has 0 radical (unpaired) electrons. The van der Waals surface area contributed by atoms with Crippen molar-refractivity contribution in [2.75, 3.05) is 13.2 Å². The van der Waals surface area contributed by atoms with Gasteiger partial charge in [-0.15, -0.1) is 0 Å². The highest BCUT2D eigenvalue weighted by Crippen LogP contribution is 2.35. The highest BCUT2D eigenvalue weighted by atomic mass is 31.2. The summed E-state index contributed by atoms with van der Waals surface area (Å²) in [6.45, 7) is 2.63. The first kappa shape index (κ1) is 38.0. The quantitative estimate of drug-likeness (QED) is 0.0514. The minimum absolute atomic E-state index is 0.214. The van der Waals surface area contributed by atoms with E-state index in [1.54, 1.807) is 0 Å². The summed E-state index contributed by atoms with van der Waals surface area (Å²) >= 11 is 0. The third-order valence-corrected chi connectivity index (χ3v) is 7.42. The van der Waals surface area contributed by atoms with Gasteiger partial charge in [-0.3, -0.25) is 14.1 Å². The molecule has 8 nitrogen and oxygen atoms in total. The fourth-order valence-corrected chi connectivity index (χ4v) is 4.99. The summed E-state index contributed by atoms with van der Waals surface area (Å²) in [6, 6.07) is 0. The van der Waals surface area contributed by atoms with E-state index in [2.05, 4.69) is 11.4 Å². The summed E-state index contributed by atoms with van der Waals surface area (Å²) in [6.07, 6.45) is 27.8. The lowest BCUT2D eigenvalue weighted by Crippen LogP contribution is -2.29. The van der Waals surface area contributed by atoms with E-state index < -0.39 is 32.5 Å². The molecule has 9 heteroatoms. The Morgan fingerprint density at radius 1 is 0.615 bits per heavy atom. The van der Waals surface area contributed by atoms with Crippen molar-refractivity contribution in [2.24, 2.45) is 0 Å². The second-order valence-electron chi connectivity index (χ2n) is 10.9. The minimum atomic E-state index is -4.70. The van der Waals surface area contributed by atoms with Crippen molar-refractivity contribution in [3.05, 3.63) is 0 Å². The van der Waals surface area contributed by atoms with Gasteiger partial charge >= 0.3 is 19.8 Å². The molecule has 0 rings (SSSR count). The van der Waals surface area contributed by atoms with Crippen LogP contribution in [0.15, 0.2) is 0 Å². The van der Waals surface area contributed by atoms with Gasteiger partial charge in [-0.25, -0.2) is 4.57 Å². The van der Waals surface area contributed by atoms with Crippen molar-refractivity contribution in [3.8, 4) is 0 Å². The summed E-state index contributed by atoms with van der Waals surface area (Å²) in [5.74, 6) is -1.07. The first-order valence-corrected chi connectivity index (χ1v) is 17.3. The van der Waals surface area contributed by atoms with Crippen LogP contribution in [0.3, 0.4) is 0 Å². The lowest BCUT2D eigenvalue weighted by Gasteiger charge is -2.18. The fraction of sp³-hybridized carbons (Fsp3) is 0.933. The third kappa shape index (κ3) is 31.4. The SMILES string of the molecule is CCCCCCCCCCCCCCCCCCCCCCCCC(=O)OC(COC(C)=O)COP(=O)(O)O. The summed E-state index contributed by atoms with van der Waals surface area (Å²) in [7, 11) is -4.70. The number of esters is 2. The zero-order chi connectivity index (χ0) is 29.0. The smallest absolute Gasteiger partial charge is 0.462 e. The average molecular weight is 579 g/mol. The Kier molecular flexibility index (Phi) is 26.6. The number of unbranched alkanes of at least 4 members (excludes halogenated alkanes) is 21. The molecule has 0 spiro atoms. The highest BCUT2D eigenvalue weighted by Gasteiger charge is 2.22. The first-order chi connectivity index (χ1) is 18.7. The monoisotopic (exact) mass is 578 g/mol. The maximum absolute atomic E-state index is 12.0. The topological polar surface area (TPSA) is 119 Å². The molecule has 0 fully saturated rings. The lowest BCUT2D eigenvalue weighted by molar-refractivity contribution is -0.160. The van der Waals surface area contributed by atoms with Crippen molar-refractivity contribution in [2.45, 2.75) is 168 Å². The van der Waals surface area contributed by atoms with Crippen LogP contribution in [0.25, 0.3) is 0 Å². The number of phosphoric ester groups is 1. The van der Waals surface area contributed by atoms with Gasteiger partial charge in [-0.2, -0.15) is 0 Å². The van der Waals surface area contributed by atoms with Crippen LogP contribution in [0, 0.1) is 0 Å². The maximum atomic E-state index is 12.0. The summed E-state index contributed by atoms with van der Waals surface area (Å²) < 4.78 is 25.2. The second kappa shape index (κ2) is 27.2. The number of carbonyl (C=O) groups is 2. The second-order valence-corrected chi connectivity index (χ2v) is 12.1. The average Bonchev–Trinajstić information content (AvgIpc) is 2.88. The molecule has 232 valence electrons.